The number of benzene rings is 1. The highest BCUT2D eigenvalue weighted by Crippen LogP contribution is 2.44. The van der Waals surface area contributed by atoms with Crippen molar-refractivity contribution in [3.05, 3.63) is 52.4 Å². The Bertz CT molecular complexity index is 849. The maximum Gasteiger partial charge on any atom is 0.387 e. The third kappa shape index (κ3) is 3.84. The van der Waals surface area contributed by atoms with Crippen LogP contribution in [0.2, 0.25) is 0 Å². The van der Waals surface area contributed by atoms with Gasteiger partial charge in [0.05, 0.1) is 29.4 Å². The average molecular weight is 395 g/mol. The van der Waals surface area contributed by atoms with Crippen molar-refractivity contribution >= 4 is 11.9 Å². The highest BCUT2D eigenvalue weighted by atomic mass is 19.3. The van der Waals surface area contributed by atoms with Gasteiger partial charge in [-0.05, 0) is 13.0 Å². The molecule has 0 saturated carbocycles. The molecule has 7 nitrogen and oxygen atoms in total. The highest BCUT2D eigenvalue weighted by Gasteiger charge is 2.43. The van der Waals surface area contributed by atoms with E-state index in [9.17, 15) is 18.4 Å². The van der Waals surface area contributed by atoms with Crippen LogP contribution >= 0.6 is 0 Å². The molecule has 1 aromatic rings. The normalized spacial score (nSPS) is 18.8. The van der Waals surface area contributed by atoms with Gasteiger partial charge in [0.15, 0.2) is 0 Å². The minimum atomic E-state index is -3.06. The highest BCUT2D eigenvalue weighted by molar-refractivity contribution is 6.01. The molecule has 1 atom stereocenters. The van der Waals surface area contributed by atoms with Crippen LogP contribution in [0.25, 0.3) is 0 Å². The molecule has 0 aliphatic carbocycles. The molecule has 0 aromatic heterocycles. The summed E-state index contributed by atoms with van der Waals surface area (Å²) < 4.78 is 45.6. The fourth-order valence-corrected chi connectivity index (χ4v) is 3.27. The molecule has 2 aliphatic rings. The van der Waals surface area contributed by atoms with Crippen LogP contribution in [-0.2, 0) is 23.8 Å². The second kappa shape index (κ2) is 8.39. The maximum absolute atomic E-state index is 12.9. The largest absolute Gasteiger partial charge is 0.460 e. The van der Waals surface area contributed by atoms with Gasteiger partial charge >= 0.3 is 18.6 Å². The van der Waals surface area contributed by atoms with E-state index in [1.54, 1.807) is 13.0 Å². The van der Waals surface area contributed by atoms with E-state index in [-0.39, 0.29) is 42.3 Å². The average Bonchev–Trinajstić information content (AvgIpc) is 3.01. The Kier molecular flexibility index (Phi) is 5.93. The van der Waals surface area contributed by atoms with E-state index < -0.39 is 24.5 Å². The Hall–Kier alpha value is -2.94. The Morgan fingerprint density at radius 3 is 2.79 bits per heavy atom. The number of alkyl halides is 2. The summed E-state index contributed by atoms with van der Waals surface area (Å²) in [5.41, 5.74) is 1.46. The summed E-state index contributed by atoms with van der Waals surface area (Å²) in [5, 5.41) is 2.98. The molecule has 28 heavy (non-hydrogen) atoms. The molecule has 0 radical (unpaired) electrons. The first-order valence-electron chi connectivity index (χ1n) is 8.51. The number of para-hydroxylation sites is 1. The monoisotopic (exact) mass is 395 g/mol. The molecule has 1 N–H and O–H groups in total. The Labute approximate surface area is 159 Å². The standard InChI is InChI=1S/C19H19F2NO6/c1-10-14(17(23)26-8-7-25-2)15(16-12(22-10)9-27-18(16)24)11-5-3-4-6-13(11)28-19(20)21/h3-6,15,19,22H,7-9H2,1-2H3. The van der Waals surface area contributed by atoms with Gasteiger partial charge in [-0.1, -0.05) is 18.2 Å². The molecule has 0 fully saturated rings. The van der Waals surface area contributed by atoms with Crippen molar-refractivity contribution in [2.75, 3.05) is 26.9 Å². The van der Waals surface area contributed by atoms with Gasteiger partial charge in [0.25, 0.3) is 0 Å². The molecule has 150 valence electrons. The second-order valence-electron chi connectivity index (χ2n) is 6.11. The van der Waals surface area contributed by atoms with Crippen molar-refractivity contribution in [3.63, 3.8) is 0 Å². The SMILES string of the molecule is COCCOC(=O)C1=C(C)NC2=C(C(=O)OC2)C1c1ccccc1OC(F)F. The van der Waals surface area contributed by atoms with E-state index in [1.807, 2.05) is 0 Å². The number of allylic oxidation sites excluding steroid dienone is 1. The Morgan fingerprint density at radius 2 is 2.07 bits per heavy atom. The number of nitrogens with one attached hydrogen (secondary N) is 1. The van der Waals surface area contributed by atoms with Crippen LogP contribution in [0.15, 0.2) is 46.8 Å². The molecule has 0 bridgehead atoms. The zero-order valence-corrected chi connectivity index (χ0v) is 15.3. The van der Waals surface area contributed by atoms with Crippen molar-refractivity contribution in [1.29, 1.82) is 0 Å². The van der Waals surface area contributed by atoms with Gasteiger partial charge in [0.2, 0.25) is 0 Å². The minimum absolute atomic E-state index is 0.00433. The van der Waals surface area contributed by atoms with Gasteiger partial charge < -0.3 is 24.3 Å². The lowest BCUT2D eigenvalue weighted by molar-refractivity contribution is -0.140. The van der Waals surface area contributed by atoms with E-state index in [4.69, 9.17) is 14.2 Å². The Morgan fingerprint density at radius 1 is 1.32 bits per heavy atom. The molecule has 0 saturated heterocycles. The minimum Gasteiger partial charge on any atom is -0.460 e. The summed E-state index contributed by atoms with van der Waals surface area (Å²) in [4.78, 5) is 25.1. The van der Waals surface area contributed by atoms with Gasteiger partial charge in [-0.2, -0.15) is 8.78 Å². The first kappa shape index (κ1) is 19.8. The van der Waals surface area contributed by atoms with Gasteiger partial charge in [0, 0.05) is 18.4 Å². The second-order valence-corrected chi connectivity index (χ2v) is 6.11. The number of ether oxygens (including phenoxy) is 4. The predicted octanol–water partition coefficient (Wildman–Crippen LogP) is 2.25. The number of hydrogen-bond donors (Lipinski definition) is 1. The first-order valence-corrected chi connectivity index (χ1v) is 8.51. The summed E-state index contributed by atoms with van der Waals surface area (Å²) in [6.07, 6.45) is 0. The van der Waals surface area contributed by atoms with E-state index in [0.717, 1.165) is 0 Å². The first-order chi connectivity index (χ1) is 13.4. The summed E-state index contributed by atoms with van der Waals surface area (Å²) >= 11 is 0. The van der Waals surface area contributed by atoms with E-state index in [1.165, 1.54) is 25.3 Å². The van der Waals surface area contributed by atoms with E-state index in [0.29, 0.717) is 11.4 Å². The van der Waals surface area contributed by atoms with Gasteiger partial charge in [-0.15, -0.1) is 0 Å². The van der Waals surface area contributed by atoms with Crippen molar-refractivity contribution < 1.29 is 37.3 Å². The molecule has 2 aliphatic heterocycles. The van der Waals surface area contributed by atoms with Crippen molar-refractivity contribution in [2.45, 2.75) is 19.5 Å². The molecule has 1 unspecified atom stereocenters. The lowest BCUT2D eigenvalue weighted by Gasteiger charge is -2.28. The van der Waals surface area contributed by atoms with Crippen LogP contribution in [-0.4, -0.2) is 45.5 Å². The molecular formula is C19H19F2NO6. The summed E-state index contributed by atoms with van der Waals surface area (Å²) in [7, 11) is 1.47. The maximum atomic E-state index is 12.9. The number of rotatable bonds is 7. The fraction of sp³-hybridized carbons (Fsp3) is 0.368. The summed E-state index contributed by atoms with van der Waals surface area (Å²) in [6, 6.07) is 6.02. The number of carbonyl (C=O) groups excluding carboxylic acids is 2. The molecule has 2 heterocycles. The van der Waals surface area contributed by atoms with Crippen LogP contribution in [0.4, 0.5) is 8.78 Å². The number of halogens is 2. The third-order valence-corrected chi connectivity index (χ3v) is 4.40. The molecule has 0 spiro atoms. The number of dihydropyridines is 1. The predicted molar refractivity (Wildman–Crippen MR) is 92.5 cm³/mol. The number of esters is 2. The van der Waals surface area contributed by atoms with Crippen LogP contribution in [0, 0.1) is 0 Å². The summed E-state index contributed by atoms with van der Waals surface area (Å²) in [5.74, 6) is -2.42. The number of hydrogen-bond acceptors (Lipinski definition) is 7. The zero-order valence-electron chi connectivity index (χ0n) is 15.3. The smallest absolute Gasteiger partial charge is 0.387 e. The fourth-order valence-electron chi connectivity index (χ4n) is 3.27. The number of methoxy groups -OCH3 is 1. The number of carbonyl (C=O) groups is 2. The van der Waals surface area contributed by atoms with Crippen LogP contribution in [0.5, 0.6) is 5.75 Å². The van der Waals surface area contributed by atoms with Crippen molar-refractivity contribution in [1.82, 2.24) is 5.32 Å². The molecular weight excluding hydrogens is 376 g/mol. The van der Waals surface area contributed by atoms with Crippen molar-refractivity contribution in [2.24, 2.45) is 0 Å². The zero-order chi connectivity index (χ0) is 20.3. The molecule has 0 amide bonds. The molecule has 9 heteroatoms. The van der Waals surface area contributed by atoms with E-state index in [2.05, 4.69) is 10.1 Å². The lowest BCUT2D eigenvalue weighted by atomic mass is 9.80. The van der Waals surface area contributed by atoms with Gasteiger partial charge in [-0.25, -0.2) is 9.59 Å². The lowest BCUT2D eigenvalue weighted by Crippen LogP contribution is -2.31. The van der Waals surface area contributed by atoms with E-state index >= 15 is 0 Å². The molecule has 3 rings (SSSR count). The molecule has 1 aromatic carbocycles. The van der Waals surface area contributed by atoms with Crippen LogP contribution in [0.3, 0.4) is 0 Å². The van der Waals surface area contributed by atoms with Gasteiger partial charge in [-0.3, -0.25) is 0 Å². The van der Waals surface area contributed by atoms with Gasteiger partial charge in [0.1, 0.15) is 19.0 Å². The third-order valence-electron chi connectivity index (χ3n) is 4.40. The van der Waals surface area contributed by atoms with Crippen LogP contribution in [0.1, 0.15) is 18.4 Å². The topological polar surface area (TPSA) is 83.1 Å². The van der Waals surface area contributed by atoms with Crippen LogP contribution < -0.4 is 10.1 Å². The number of cyclic esters (lactones) is 1. The quantitative estimate of drug-likeness (QED) is 0.560. The summed E-state index contributed by atoms with van der Waals surface area (Å²) in [6.45, 7) is -1.22. The van der Waals surface area contributed by atoms with Crippen molar-refractivity contribution in [3.8, 4) is 5.75 Å². The Balaban J connectivity index is 2.08.